The molecule has 0 aliphatic heterocycles. The van der Waals surface area contributed by atoms with Gasteiger partial charge in [-0.1, -0.05) is 101 Å². The molecule has 0 fully saturated rings. The summed E-state index contributed by atoms with van der Waals surface area (Å²) in [5.74, 6) is 0. The number of rotatable bonds is 4. The van der Waals surface area contributed by atoms with Crippen LogP contribution in [0.25, 0.3) is 0 Å². The number of hydrogen-bond donors (Lipinski definition) is 0. The van der Waals surface area contributed by atoms with Crippen LogP contribution < -0.4 is 10.4 Å². The zero-order valence-electron chi connectivity index (χ0n) is 13.3. The van der Waals surface area contributed by atoms with Gasteiger partial charge in [0, 0.05) is 0 Å². The van der Waals surface area contributed by atoms with Crippen LogP contribution in [0.4, 0.5) is 0 Å². The fourth-order valence-electron chi connectivity index (χ4n) is 3.22. The van der Waals surface area contributed by atoms with Crippen LogP contribution in [0, 0.1) is 0 Å². The molecule has 2 aromatic rings. The molecule has 0 aromatic heterocycles. The van der Waals surface area contributed by atoms with E-state index in [1.807, 2.05) is 0 Å². The molecule has 112 valence electrons. The van der Waals surface area contributed by atoms with Gasteiger partial charge >= 0.3 is 0 Å². The van der Waals surface area contributed by atoms with Gasteiger partial charge in [0.15, 0.2) is 0 Å². The minimum atomic E-state index is -1.81. The van der Waals surface area contributed by atoms with Crippen LogP contribution in [0.15, 0.2) is 84.1 Å². The second-order valence-electron chi connectivity index (χ2n) is 6.29. The highest BCUT2D eigenvalue weighted by Crippen LogP contribution is 2.19. The summed E-state index contributed by atoms with van der Waals surface area (Å²) in [6, 6.07) is 22.0. The Labute approximate surface area is 135 Å². The second kappa shape index (κ2) is 6.93. The summed E-state index contributed by atoms with van der Waals surface area (Å²) in [7, 11) is -1.81. The van der Waals surface area contributed by atoms with Crippen LogP contribution >= 0.6 is 0 Å². The molecule has 0 atom stereocenters. The van der Waals surface area contributed by atoms with Gasteiger partial charge in [0.2, 0.25) is 0 Å². The van der Waals surface area contributed by atoms with E-state index in [4.69, 9.17) is 0 Å². The lowest BCUT2D eigenvalue weighted by Gasteiger charge is -2.25. The summed E-state index contributed by atoms with van der Waals surface area (Å²) in [6.07, 6.45) is 10.0. The highest BCUT2D eigenvalue weighted by atomic mass is 28.3. The van der Waals surface area contributed by atoms with E-state index < -0.39 is 8.07 Å². The van der Waals surface area contributed by atoms with Crippen molar-refractivity contribution in [1.29, 1.82) is 0 Å². The first-order chi connectivity index (χ1) is 10.8. The van der Waals surface area contributed by atoms with E-state index in [0.717, 1.165) is 0 Å². The molecule has 0 unspecified atom stereocenters. The van der Waals surface area contributed by atoms with E-state index >= 15 is 0 Å². The highest BCUT2D eigenvalue weighted by molar-refractivity contribution is 7.05. The van der Waals surface area contributed by atoms with E-state index in [1.165, 1.54) is 41.6 Å². The molecule has 0 amide bonds. The first-order valence-corrected chi connectivity index (χ1v) is 10.9. The van der Waals surface area contributed by atoms with Crippen LogP contribution in [-0.4, -0.2) is 8.07 Å². The topological polar surface area (TPSA) is 0 Å². The van der Waals surface area contributed by atoms with Gasteiger partial charge in [-0.05, 0) is 25.7 Å². The predicted octanol–water partition coefficient (Wildman–Crippen LogP) is 4.48. The maximum Gasteiger partial charge on any atom is 0.138 e. The normalized spacial score (nSPS) is 15.8. The largest absolute Gasteiger partial charge is 0.138 e. The highest BCUT2D eigenvalue weighted by Gasteiger charge is 2.28. The van der Waals surface area contributed by atoms with Gasteiger partial charge in [-0.25, -0.2) is 0 Å². The maximum absolute atomic E-state index is 2.52. The Hall–Kier alpha value is -1.86. The lowest BCUT2D eigenvalue weighted by molar-refractivity contribution is 0.712. The van der Waals surface area contributed by atoms with Gasteiger partial charge in [-0.3, -0.25) is 0 Å². The van der Waals surface area contributed by atoms with Crippen molar-refractivity contribution in [1.82, 2.24) is 0 Å². The standard InChI is InChI=1S/C21H24Si/c1-22(20-13-7-3-8-14-20,21-15-9-4-10-16-21)18-17-19-11-5-2-6-12-19/h3-4,7-11,13-18H,2,5-6,12H2,1H3/b18-17-. The third kappa shape index (κ3) is 3.31. The van der Waals surface area contributed by atoms with E-state index in [1.54, 1.807) is 0 Å². The van der Waals surface area contributed by atoms with E-state index in [-0.39, 0.29) is 0 Å². The van der Waals surface area contributed by atoms with Crippen molar-refractivity contribution >= 4 is 18.4 Å². The number of hydrogen-bond acceptors (Lipinski definition) is 0. The zero-order chi connectivity index (χ0) is 15.3. The molecule has 1 heteroatoms. The third-order valence-corrected chi connectivity index (χ3v) is 8.60. The van der Waals surface area contributed by atoms with Crippen molar-refractivity contribution in [3.05, 3.63) is 84.1 Å². The molecule has 0 heterocycles. The first kappa shape index (κ1) is 15.0. The Kier molecular flexibility index (Phi) is 4.74. The Balaban J connectivity index is 2.00. The van der Waals surface area contributed by atoms with E-state index in [2.05, 4.69) is 85.1 Å². The minimum absolute atomic E-state index is 1.24. The van der Waals surface area contributed by atoms with E-state index in [9.17, 15) is 0 Å². The van der Waals surface area contributed by atoms with E-state index in [0.29, 0.717) is 0 Å². The monoisotopic (exact) mass is 304 g/mol. The van der Waals surface area contributed by atoms with Crippen molar-refractivity contribution in [2.45, 2.75) is 32.2 Å². The van der Waals surface area contributed by atoms with Gasteiger partial charge in [0.25, 0.3) is 0 Å². The molecular formula is C21H24Si. The summed E-state index contributed by atoms with van der Waals surface area (Å²) in [5, 5.41) is 2.96. The minimum Gasteiger partial charge on any atom is -0.0858 e. The predicted molar refractivity (Wildman–Crippen MR) is 99.5 cm³/mol. The van der Waals surface area contributed by atoms with Gasteiger partial charge in [-0.15, -0.1) is 0 Å². The van der Waals surface area contributed by atoms with Crippen molar-refractivity contribution in [3.8, 4) is 0 Å². The molecule has 0 spiro atoms. The second-order valence-corrected chi connectivity index (χ2v) is 10.2. The van der Waals surface area contributed by atoms with Crippen LogP contribution in [0.2, 0.25) is 6.55 Å². The summed E-state index contributed by atoms with van der Waals surface area (Å²) in [4.78, 5) is 0. The average molecular weight is 305 g/mol. The van der Waals surface area contributed by atoms with Crippen molar-refractivity contribution < 1.29 is 0 Å². The van der Waals surface area contributed by atoms with Gasteiger partial charge in [0.05, 0.1) is 0 Å². The van der Waals surface area contributed by atoms with Crippen molar-refractivity contribution in [2.24, 2.45) is 0 Å². The van der Waals surface area contributed by atoms with Crippen LogP contribution in [0.1, 0.15) is 25.7 Å². The first-order valence-electron chi connectivity index (χ1n) is 8.28. The fourth-order valence-corrected chi connectivity index (χ4v) is 6.25. The molecule has 0 nitrogen and oxygen atoms in total. The number of allylic oxidation sites excluding steroid dienone is 3. The summed E-state index contributed by atoms with van der Waals surface area (Å²) < 4.78 is 0. The summed E-state index contributed by atoms with van der Waals surface area (Å²) in [5.41, 5.74) is 4.05. The molecular weight excluding hydrogens is 280 g/mol. The SMILES string of the molecule is C[Si](/C=C\C1=CCCCC1)(c1ccccc1)c1ccccc1. The van der Waals surface area contributed by atoms with Gasteiger partial charge < -0.3 is 0 Å². The maximum atomic E-state index is 2.52. The zero-order valence-corrected chi connectivity index (χ0v) is 14.3. The molecule has 3 rings (SSSR count). The molecule has 2 aromatic carbocycles. The summed E-state index contributed by atoms with van der Waals surface area (Å²) >= 11 is 0. The molecule has 1 aliphatic carbocycles. The Morgan fingerprint density at radius 2 is 1.41 bits per heavy atom. The average Bonchev–Trinajstić information content (AvgIpc) is 2.62. The molecule has 0 saturated carbocycles. The fraction of sp³-hybridized carbons (Fsp3) is 0.238. The molecule has 1 aliphatic rings. The van der Waals surface area contributed by atoms with Crippen molar-refractivity contribution in [3.63, 3.8) is 0 Å². The van der Waals surface area contributed by atoms with Crippen molar-refractivity contribution in [2.75, 3.05) is 0 Å². The Morgan fingerprint density at radius 3 is 1.91 bits per heavy atom. The molecule has 0 bridgehead atoms. The molecule has 0 saturated heterocycles. The Morgan fingerprint density at radius 1 is 0.818 bits per heavy atom. The van der Waals surface area contributed by atoms with Gasteiger partial charge in [0.1, 0.15) is 8.07 Å². The van der Waals surface area contributed by atoms with Crippen LogP contribution in [0.3, 0.4) is 0 Å². The molecule has 22 heavy (non-hydrogen) atoms. The number of benzene rings is 2. The Bertz CT molecular complexity index is 613. The quantitative estimate of drug-likeness (QED) is 0.731. The van der Waals surface area contributed by atoms with Crippen LogP contribution in [-0.2, 0) is 0 Å². The lowest BCUT2D eigenvalue weighted by Crippen LogP contribution is -2.54. The van der Waals surface area contributed by atoms with Gasteiger partial charge in [-0.2, -0.15) is 0 Å². The molecule has 0 radical (unpaired) electrons. The van der Waals surface area contributed by atoms with Crippen LogP contribution in [0.5, 0.6) is 0 Å². The third-order valence-electron chi connectivity index (χ3n) is 4.70. The smallest absolute Gasteiger partial charge is 0.0858 e. The molecule has 0 N–H and O–H groups in total. The summed E-state index contributed by atoms with van der Waals surface area (Å²) in [6.45, 7) is 2.46. The lowest BCUT2D eigenvalue weighted by atomic mass is 10.00.